The van der Waals surface area contributed by atoms with Crippen LogP contribution >= 0.6 is 0 Å². The Hall–Kier alpha value is -2.49. The fourth-order valence-corrected chi connectivity index (χ4v) is 3.79. The van der Waals surface area contributed by atoms with Crippen molar-refractivity contribution in [2.24, 2.45) is 5.41 Å². The third kappa shape index (κ3) is 2.33. The number of aromatic carboxylic acids is 1. The average Bonchev–Trinajstić information content (AvgIpc) is 3.25. The van der Waals surface area contributed by atoms with Crippen molar-refractivity contribution in [2.75, 3.05) is 6.61 Å². The second-order valence-electron chi connectivity index (χ2n) is 7.16. The lowest BCUT2D eigenvalue weighted by Crippen LogP contribution is -2.18. The molecule has 1 aliphatic heterocycles. The molecule has 2 aliphatic rings. The third-order valence-electron chi connectivity index (χ3n) is 5.38. The lowest BCUT2D eigenvalue weighted by atomic mass is 9.91. The maximum absolute atomic E-state index is 11.7. The molecule has 4 nitrogen and oxygen atoms in total. The van der Waals surface area contributed by atoms with E-state index in [1.807, 2.05) is 36.4 Å². The van der Waals surface area contributed by atoms with Crippen molar-refractivity contribution in [3.63, 3.8) is 0 Å². The van der Waals surface area contributed by atoms with E-state index in [9.17, 15) is 15.0 Å². The monoisotopic (exact) mass is 324 g/mol. The number of aromatic hydroxyl groups is 1. The first-order chi connectivity index (χ1) is 11.5. The highest BCUT2D eigenvalue weighted by atomic mass is 16.5. The van der Waals surface area contributed by atoms with Crippen LogP contribution in [0.3, 0.4) is 0 Å². The van der Waals surface area contributed by atoms with Crippen LogP contribution in [0.2, 0.25) is 0 Å². The van der Waals surface area contributed by atoms with E-state index >= 15 is 0 Å². The van der Waals surface area contributed by atoms with Crippen molar-refractivity contribution in [3.05, 3.63) is 58.7 Å². The van der Waals surface area contributed by atoms with E-state index < -0.39 is 5.97 Å². The Labute approximate surface area is 140 Å². The van der Waals surface area contributed by atoms with E-state index in [0.29, 0.717) is 29.9 Å². The molecule has 0 unspecified atom stereocenters. The van der Waals surface area contributed by atoms with Crippen molar-refractivity contribution in [3.8, 4) is 11.5 Å². The number of carboxylic acids is 1. The molecule has 0 amide bonds. The minimum atomic E-state index is -1.08. The molecule has 2 atom stereocenters. The summed E-state index contributed by atoms with van der Waals surface area (Å²) in [7, 11) is 0. The number of carbonyl (C=O) groups is 1. The van der Waals surface area contributed by atoms with Gasteiger partial charge in [-0.25, -0.2) is 4.79 Å². The summed E-state index contributed by atoms with van der Waals surface area (Å²) in [6.07, 6.45) is 2.22. The second-order valence-corrected chi connectivity index (χ2v) is 7.16. The van der Waals surface area contributed by atoms with Gasteiger partial charge in [-0.1, -0.05) is 37.3 Å². The molecular formula is C20H20O4. The number of ether oxygens (including phenoxy) is 1. The predicted molar refractivity (Wildman–Crippen MR) is 89.9 cm³/mol. The number of carboxylic acid groups (broad SMARTS) is 1. The molecule has 0 radical (unpaired) electrons. The van der Waals surface area contributed by atoms with Gasteiger partial charge in [0, 0.05) is 16.9 Å². The number of rotatable bonds is 4. The SMILES string of the molecule is C[C@]12COc3cc(CCc4ccccc4)c(C(=O)O)c(O)c3[C@H]1C2. The van der Waals surface area contributed by atoms with Gasteiger partial charge in [0.2, 0.25) is 0 Å². The molecule has 2 aromatic carbocycles. The molecule has 0 bridgehead atoms. The molecule has 0 aromatic heterocycles. The first-order valence-electron chi connectivity index (χ1n) is 8.28. The summed E-state index contributed by atoms with van der Waals surface area (Å²) in [4.78, 5) is 11.7. The van der Waals surface area contributed by atoms with Crippen LogP contribution < -0.4 is 4.74 Å². The minimum Gasteiger partial charge on any atom is -0.507 e. The van der Waals surface area contributed by atoms with E-state index in [4.69, 9.17) is 4.74 Å². The smallest absolute Gasteiger partial charge is 0.339 e. The summed E-state index contributed by atoms with van der Waals surface area (Å²) < 4.78 is 5.84. The largest absolute Gasteiger partial charge is 0.507 e. The first kappa shape index (κ1) is 15.1. The van der Waals surface area contributed by atoms with Crippen LogP contribution in [-0.2, 0) is 12.8 Å². The minimum absolute atomic E-state index is 0.0319. The Morgan fingerprint density at radius 1 is 1.29 bits per heavy atom. The van der Waals surface area contributed by atoms with E-state index in [1.165, 1.54) is 0 Å². The number of hydrogen-bond acceptors (Lipinski definition) is 3. The fraction of sp³-hybridized carbons (Fsp3) is 0.350. The molecule has 0 saturated heterocycles. The Balaban J connectivity index is 1.72. The first-order valence-corrected chi connectivity index (χ1v) is 8.28. The van der Waals surface area contributed by atoms with E-state index in [0.717, 1.165) is 18.4 Å². The molecule has 1 saturated carbocycles. The van der Waals surface area contributed by atoms with Gasteiger partial charge in [0.15, 0.2) is 0 Å². The second kappa shape index (κ2) is 5.26. The van der Waals surface area contributed by atoms with Gasteiger partial charge in [-0.15, -0.1) is 0 Å². The van der Waals surface area contributed by atoms with Gasteiger partial charge in [0.25, 0.3) is 0 Å². The van der Waals surface area contributed by atoms with Gasteiger partial charge in [-0.2, -0.15) is 0 Å². The number of phenols is 1. The average molecular weight is 324 g/mol. The van der Waals surface area contributed by atoms with Gasteiger partial charge in [0.1, 0.15) is 17.1 Å². The predicted octanol–water partition coefficient (Wildman–Crippen LogP) is 3.76. The zero-order valence-electron chi connectivity index (χ0n) is 13.6. The zero-order chi connectivity index (χ0) is 16.9. The Morgan fingerprint density at radius 3 is 2.75 bits per heavy atom. The molecule has 1 heterocycles. The molecule has 2 aromatic rings. The normalized spacial score (nSPS) is 23.8. The maximum atomic E-state index is 11.7. The molecule has 4 heteroatoms. The zero-order valence-corrected chi connectivity index (χ0v) is 13.6. The Morgan fingerprint density at radius 2 is 2.04 bits per heavy atom. The maximum Gasteiger partial charge on any atom is 0.339 e. The highest BCUT2D eigenvalue weighted by Crippen LogP contribution is 2.65. The van der Waals surface area contributed by atoms with Crippen LogP contribution in [0.4, 0.5) is 0 Å². The molecule has 1 aliphatic carbocycles. The van der Waals surface area contributed by atoms with E-state index in [1.54, 1.807) is 0 Å². The van der Waals surface area contributed by atoms with Gasteiger partial charge < -0.3 is 14.9 Å². The van der Waals surface area contributed by atoms with Crippen molar-refractivity contribution in [1.82, 2.24) is 0 Å². The molecule has 2 N–H and O–H groups in total. The quantitative estimate of drug-likeness (QED) is 0.898. The van der Waals surface area contributed by atoms with Crippen molar-refractivity contribution in [2.45, 2.75) is 32.1 Å². The standard InChI is InChI=1S/C20H20O4/c1-20-10-14(20)17-15(24-11-20)9-13(16(18(17)21)19(22)23)8-7-12-5-3-2-4-6-12/h2-6,9,14,21H,7-8,10-11H2,1H3,(H,22,23)/t14-,20+/m1/s1. The highest BCUT2D eigenvalue weighted by Gasteiger charge is 2.56. The Bertz CT molecular complexity index is 812. The summed E-state index contributed by atoms with van der Waals surface area (Å²) in [5, 5.41) is 20.2. The molecule has 124 valence electrons. The molecular weight excluding hydrogens is 304 g/mol. The lowest BCUT2D eigenvalue weighted by molar-refractivity contribution is 0.0692. The lowest BCUT2D eigenvalue weighted by Gasteiger charge is -2.25. The van der Waals surface area contributed by atoms with Crippen LogP contribution in [0.5, 0.6) is 11.5 Å². The molecule has 1 fully saturated rings. The Kier molecular flexibility index (Phi) is 3.30. The van der Waals surface area contributed by atoms with E-state index in [2.05, 4.69) is 6.92 Å². The summed E-state index contributed by atoms with van der Waals surface area (Å²) in [5.74, 6) is -0.314. The van der Waals surface area contributed by atoms with Crippen LogP contribution in [0.1, 0.15) is 46.3 Å². The van der Waals surface area contributed by atoms with Gasteiger partial charge in [0.05, 0.1) is 6.61 Å². The topological polar surface area (TPSA) is 66.8 Å². The van der Waals surface area contributed by atoms with Crippen LogP contribution in [0.15, 0.2) is 36.4 Å². The van der Waals surface area contributed by atoms with Crippen LogP contribution in [0, 0.1) is 5.41 Å². The molecule has 4 rings (SSSR count). The van der Waals surface area contributed by atoms with Crippen LogP contribution in [-0.4, -0.2) is 22.8 Å². The summed E-state index contributed by atoms with van der Waals surface area (Å²) in [5.41, 5.74) is 2.54. The molecule has 24 heavy (non-hydrogen) atoms. The van der Waals surface area contributed by atoms with Gasteiger partial charge in [-0.05, 0) is 36.5 Å². The highest BCUT2D eigenvalue weighted by molar-refractivity contribution is 5.94. The van der Waals surface area contributed by atoms with Crippen molar-refractivity contribution in [1.29, 1.82) is 0 Å². The van der Waals surface area contributed by atoms with Crippen LogP contribution in [0.25, 0.3) is 0 Å². The van der Waals surface area contributed by atoms with Gasteiger partial charge in [-0.3, -0.25) is 0 Å². The molecule has 0 spiro atoms. The van der Waals surface area contributed by atoms with Crippen molar-refractivity contribution < 1.29 is 19.7 Å². The van der Waals surface area contributed by atoms with Gasteiger partial charge >= 0.3 is 5.97 Å². The van der Waals surface area contributed by atoms with E-state index in [-0.39, 0.29) is 22.6 Å². The summed E-state index contributed by atoms with van der Waals surface area (Å²) in [6, 6.07) is 11.7. The number of benzene rings is 2. The summed E-state index contributed by atoms with van der Waals surface area (Å²) in [6.45, 7) is 2.75. The van der Waals surface area contributed by atoms with Crippen molar-refractivity contribution >= 4 is 5.97 Å². The number of hydrogen-bond donors (Lipinski definition) is 2. The fourth-order valence-electron chi connectivity index (χ4n) is 3.79. The summed E-state index contributed by atoms with van der Waals surface area (Å²) >= 11 is 0. The number of fused-ring (bicyclic) bond motifs is 3. The number of aryl methyl sites for hydroxylation is 2. The third-order valence-corrected chi connectivity index (χ3v) is 5.38.